The van der Waals surface area contributed by atoms with E-state index in [-0.39, 0.29) is 5.91 Å². The van der Waals surface area contributed by atoms with Crippen LogP contribution in [0.2, 0.25) is 0 Å². The maximum absolute atomic E-state index is 11.7. The minimum atomic E-state index is -0.543. The average molecular weight is 352 g/mol. The molecule has 0 aliphatic carbocycles. The maximum atomic E-state index is 11.7. The molecule has 1 aromatic rings. The van der Waals surface area contributed by atoms with Gasteiger partial charge in [-0.25, -0.2) is 0 Å². The molecule has 2 atom stereocenters. The summed E-state index contributed by atoms with van der Waals surface area (Å²) in [5.74, 6) is 0.729. The Labute approximate surface area is 134 Å². The number of halogens is 1. The molecule has 1 amide bonds. The highest BCUT2D eigenvalue weighted by atomic mass is 79.9. The van der Waals surface area contributed by atoms with Crippen LogP contribution in [0.5, 0.6) is 0 Å². The molecule has 2 aliphatic rings. The summed E-state index contributed by atoms with van der Waals surface area (Å²) in [6.45, 7) is 4.44. The number of rotatable bonds is 2. The molecule has 3 rings (SSSR count). The summed E-state index contributed by atoms with van der Waals surface area (Å²) in [5.41, 5.74) is 8.82. The van der Waals surface area contributed by atoms with Crippen LogP contribution in [0.3, 0.4) is 0 Å². The van der Waals surface area contributed by atoms with Crippen LogP contribution in [-0.2, 0) is 4.79 Å². The van der Waals surface area contributed by atoms with Crippen LogP contribution in [0.25, 0.3) is 0 Å². The molecule has 114 valence electrons. The number of amides is 1. The van der Waals surface area contributed by atoms with Crippen LogP contribution in [0.1, 0.15) is 44.2 Å². The molecular formula is C16H22BrN3O. The topological polar surface area (TPSA) is 58.4 Å². The van der Waals surface area contributed by atoms with E-state index in [9.17, 15) is 4.79 Å². The summed E-state index contributed by atoms with van der Waals surface area (Å²) < 4.78 is 1.03. The van der Waals surface area contributed by atoms with Crippen molar-refractivity contribution in [3.63, 3.8) is 0 Å². The maximum Gasteiger partial charge on any atom is 0.245 e. The molecule has 0 radical (unpaired) electrons. The predicted molar refractivity (Wildman–Crippen MR) is 89.5 cm³/mol. The Balaban J connectivity index is 1.86. The van der Waals surface area contributed by atoms with Gasteiger partial charge in [-0.05, 0) is 53.2 Å². The van der Waals surface area contributed by atoms with Gasteiger partial charge in [-0.1, -0.05) is 13.3 Å². The lowest BCUT2D eigenvalue weighted by Crippen LogP contribution is -2.24. The van der Waals surface area contributed by atoms with E-state index >= 15 is 0 Å². The van der Waals surface area contributed by atoms with Crippen LogP contribution < -0.4 is 16.0 Å². The zero-order chi connectivity index (χ0) is 15.0. The van der Waals surface area contributed by atoms with Gasteiger partial charge in [0.1, 0.15) is 6.04 Å². The molecule has 0 saturated carbocycles. The van der Waals surface area contributed by atoms with Crippen molar-refractivity contribution in [2.75, 3.05) is 23.3 Å². The van der Waals surface area contributed by atoms with Gasteiger partial charge in [0.25, 0.3) is 0 Å². The van der Waals surface area contributed by atoms with Gasteiger partial charge in [-0.15, -0.1) is 0 Å². The summed E-state index contributed by atoms with van der Waals surface area (Å²) >= 11 is 3.65. The Hall–Kier alpha value is -1.07. The SMILES string of the molecule is CCC1CCCN(c2cc3c(cc2Br)C(N)C(=O)N3)CC1. The van der Waals surface area contributed by atoms with Crippen molar-refractivity contribution in [1.82, 2.24) is 0 Å². The first-order valence-electron chi connectivity index (χ1n) is 7.75. The highest BCUT2D eigenvalue weighted by Crippen LogP contribution is 2.39. The van der Waals surface area contributed by atoms with Gasteiger partial charge >= 0.3 is 0 Å². The minimum Gasteiger partial charge on any atom is -0.371 e. The molecule has 4 nitrogen and oxygen atoms in total. The van der Waals surface area contributed by atoms with Gasteiger partial charge in [0, 0.05) is 28.8 Å². The number of fused-ring (bicyclic) bond motifs is 1. The third-order valence-corrected chi connectivity index (χ3v) is 5.40. The molecule has 1 aromatic carbocycles. The number of nitrogens with one attached hydrogen (secondary N) is 1. The molecule has 0 spiro atoms. The molecule has 0 bridgehead atoms. The first-order valence-corrected chi connectivity index (χ1v) is 8.54. The van der Waals surface area contributed by atoms with E-state index in [2.05, 4.69) is 39.1 Å². The average Bonchev–Trinajstić information content (AvgIpc) is 2.68. The Morgan fingerprint density at radius 2 is 2.19 bits per heavy atom. The van der Waals surface area contributed by atoms with Crippen LogP contribution in [-0.4, -0.2) is 19.0 Å². The van der Waals surface area contributed by atoms with E-state index < -0.39 is 6.04 Å². The fourth-order valence-electron chi connectivity index (χ4n) is 3.35. The number of carbonyl (C=O) groups is 1. The second kappa shape index (κ2) is 5.97. The normalized spacial score (nSPS) is 25.5. The van der Waals surface area contributed by atoms with Gasteiger partial charge in [-0.2, -0.15) is 0 Å². The van der Waals surface area contributed by atoms with Crippen LogP contribution in [0.4, 0.5) is 11.4 Å². The van der Waals surface area contributed by atoms with Crippen molar-refractivity contribution in [3.8, 4) is 0 Å². The van der Waals surface area contributed by atoms with Gasteiger partial charge < -0.3 is 16.0 Å². The summed E-state index contributed by atoms with van der Waals surface area (Å²) in [6, 6.07) is 3.52. The number of hydrogen-bond acceptors (Lipinski definition) is 3. The van der Waals surface area contributed by atoms with Crippen LogP contribution in [0.15, 0.2) is 16.6 Å². The number of nitrogens with two attached hydrogens (primary N) is 1. The third-order valence-electron chi connectivity index (χ3n) is 4.76. The van der Waals surface area contributed by atoms with Gasteiger partial charge in [0.05, 0.1) is 5.69 Å². The zero-order valence-electron chi connectivity index (χ0n) is 12.4. The first kappa shape index (κ1) is 14.9. The van der Waals surface area contributed by atoms with E-state index in [1.807, 2.05) is 6.07 Å². The predicted octanol–water partition coefficient (Wildman–Crippen LogP) is 3.42. The highest BCUT2D eigenvalue weighted by molar-refractivity contribution is 9.10. The zero-order valence-corrected chi connectivity index (χ0v) is 13.9. The van der Waals surface area contributed by atoms with Crippen LogP contribution >= 0.6 is 15.9 Å². The molecule has 1 saturated heterocycles. The first-order chi connectivity index (χ1) is 10.1. The van der Waals surface area contributed by atoms with Gasteiger partial charge in [0.2, 0.25) is 5.91 Å². The molecule has 2 aliphatic heterocycles. The van der Waals surface area contributed by atoms with E-state index in [4.69, 9.17) is 5.73 Å². The number of benzene rings is 1. The molecule has 2 heterocycles. The summed E-state index contributed by atoms with van der Waals surface area (Å²) in [4.78, 5) is 14.1. The Kier molecular flexibility index (Phi) is 4.22. The minimum absolute atomic E-state index is 0.115. The molecular weight excluding hydrogens is 330 g/mol. The van der Waals surface area contributed by atoms with Crippen LogP contribution in [0, 0.1) is 5.92 Å². The second-order valence-corrected chi connectivity index (χ2v) is 6.90. The largest absolute Gasteiger partial charge is 0.371 e. The van der Waals surface area contributed by atoms with Crippen molar-refractivity contribution in [3.05, 3.63) is 22.2 Å². The lowest BCUT2D eigenvalue weighted by atomic mass is 9.98. The second-order valence-electron chi connectivity index (χ2n) is 6.05. The molecule has 3 N–H and O–H groups in total. The number of nitrogens with zero attached hydrogens (tertiary/aromatic N) is 1. The van der Waals surface area contributed by atoms with Crippen molar-refractivity contribution in [2.45, 2.75) is 38.6 Å². The van der Waals surface area contributed by atoms with Crippen molar-refractivity contribution >= 4 is 33.2 Å². The number of carbonyl (C=O) groups excluding carboxylic acids is 1. The fraction of sp³-hybridized carbons (Fsp3) is 0.562. The lowest BCUT2D eigenvalue weighted by Gasteiger charge is -2.25. The smallest absolute Gasteiger partial charge is 0.245 e. The monoisotopic (exact) mass is 351 g/mol. The number of anilines is 2. The Morgan fingerprint density at radius 3 is 2.95 bits per heavy atom. The van der Waals surface area contributed by atoms with E-state index in [0.29, 0.717) is 0 Å². The molecule has 2 unspecified atom stereocenters. The standard InChI is InChI=1S/C16H22BrN3O/c1-2-10-4-3-6-20(7-5-10)14-9-13-11(8-12(14)17)15(18)16(21)19-13/h8-10,15H,2-7,18H2,1H3,(H,19,21). The quantitative estimate of drug-likeness (QED) is 0.858. The van der Waals surface area contributed by atoms with Crippen molar-refractivity contribution in [1.29, 1.82) is 0 Å². The van der Waals surface area contributed by atoms with Gasteiger partial charge in [-0.3, -0.25) is 4.79 Å². The summed E-state index contributed by atoms with van der Waals surface area (Å²) in [6.07, 6.45) is 5.06. The highest BCUT2D eigenvalue weighted by Gasteiger charge is 2.29. The molecule has 1 fully saturated rings. The van der Waals surface area contributed by atoms with Crippen molar-refractivity contribution in [2.24, 2.45) is 11.7 Å². The Morgan fingerprint density at radius 1 is 1.38 bits per heavy atom. The molecule has 0 aromatic heterocycles. The summed E-state index contributed by atoms with van der Waals surface area (Å²) in [5, 5.41) is 2.88. The number of hydrogen-bond donors (Lipinski definition) is 2. The Bertz CT molecular complexity index is 561. The molecule has 21 heavy (non-hydrogen) atoms. The summed E-state index contributed by atoms with van der Waals surface area (Å²) in [7, 11) is 0. The van der Waals surface area contributed by atoms with E-state index in [1.54, 1.807) is 0 Å². The lowest BCUT2D eigenvalue weighted by molar-refractivity contribution is -0.116. The molecule has 5 heteroatoms. The van der Waals surface area contributed by atoms with Crippen molar-refractivity contribution < 1.29 is 4.79 Å². The van der Waals surface area contributed by atoms with Gasteiger partial charge in [0.15, 0.2) is 0 Å². The van der Waals surface area contributed by atoms with E-state index in [0.717, 1.165) is 34.7 Å². The third kappa shape index (κ3) is 2.81. The fourth-order valence-corrected chi connectivity index (χ4v) is 3.96. The van der Waals surface area contributed by atoms with E-state index in [1.165, 1.54) is 31.4 Å².